The van der Waals surface area contributed by atoms with Gasteiger partial charge >= 0.3 is 0 Å². The maximum atomic E-state index is 12.5. The average Bonchev–Trinajstić information content (AvgIpc) is 2.55. The topological polar surface area (TPSA) is 40.6 Å². The lowest BCUT2D eigenvalue weighted by Gasteiger charge is -2.26. The van der Waals surface area contributed by atoms with Gasteiger partial charge < -0.3 is 9.80 Å². The van der Waals surface area contributed by atoms with Gasteiger partial charge in [0, 0.05) is 31.2 Å². The van der Waals surface area contributed by atoms with E-state index >= 15 is 0 Å². The third kappa shape index (κ3) is 4.59. The molecule has 0 N–H and O–H groups in total. The summed E-state index contributed by atoms with van der Waals surface area (Å²) >= 11 is 6.04. The SMILES string of the molecule is CC(=O)N(CC(=O)N(C)Cc1ccccc1)c1cc(Cl)ccc1C. The molecule has 0 spiro atoms. The van der Waals surface area contributed by atoms with Gasteiger partial charge in [0.05, 0.1) is 0 Å². The smallest absolute Gasteiger partial charge is 0.242 e. The van der Waals surface area contributed by atoms with Crippen molar-refractivity contribution in [2.75, 3.05) is 18.5 Å². The largest absolute Gasteiger partial charge is 0.340 e. The number of hydrogen-bond acceptors (Lipinski definition) is 2. The summed E-state index contributed by atoms with van der Waals surface area (Å²) in [5, 5.41) is 0.534. The van der Waals surface area contributed by atoms with Crippen molar-refractivity contribution in [2.45, 2.75) is 20.4 Å². The summed E-state index contributed by atoms with van der Waals surface area (Å²) in [6.07, 6.45) is 0. The van der Waals surface area contributed by atoms with Gasteiger partial charge in [-0.2, -0.15) is 0 Å². The zero-order chi connectivity index (χ0) is 17.7. The minimum absolute atomic E-state index is 0.0140. The Balaban J connectivity index is 2.14. The van der Waals surface area contributed by atoms with Crippen molar-refractivity contribution in [3.05, 3.63) is 64.7 Å². The maximum Gasteiger partial charge on any atom is 0.242 e. The lowest BCUT2D eigenvalue weighted by atomic mass is 10.1. The summed E-state index contributed by atoms with van der Waals surface area (Å²) in [6, 6.07) is 15.1. The van der Waals surface area contributed by atoms with Gasteiger partial charge in [-0.25, -0.2) is 0 Å². The molecule has 2 aromatic rings. The van der Waals surface area contributed by atoms with Gasteiger partial charge in [0.1, 0.15) is 6.54 Å². The standard InChI is InChI=1S/C19H21ClN2O2/c1-14-9-10-17(20)11-18(14)22(15(2)23)13-19(24)21(3)12-16-7-5-4-6-8-16/h4-11H,12-13H2,1-3H3. The first kappa shape index (κ1) is 18.0. The summed E-state index contributed by atoms with van der Waals surface area (Å²) < 4.78 is 0. The van der Waals surface area contributed by atoms with Crippen LogP contribution in [0.25, 0.3) is 0 Å². The molecule has 0 fully saturated rings. The Morgan fingerprint density at radius 2 is 1.75 bits per heavy atom. The lowest BCUT2D eigenvalue weighted by molar-refractivity contribution is -0.130. The minimum Gasteiger partial charge on any atom is -0.340 e. The van der Waals surface area contributed by atoms with E-state index in [0.29, 0.717) is 17.3 Å². The summed E-state index contributed by atoms with van der Waals surface area (Å²) in [7, 11) is 1.73. The van der Waals surface area contributed by atoms with Crippen molar-refractivity contribution in [3.8, 4) is 0 Å². The number of halogens is 1. The predicted molar refractivity (Wildman–Crippen MR) is 97.1 cm³/mol. The molecule has 0 radical (unpaired) electrons. The van der Waals surface area contributed by atoms with Gasteiger partial charge in [0.25, 0.3) is 0 Å². The second-order valence-electron chi connectivity index (χ2n) is 5.77. The number of likely N-dealkylation sites (N-methyl/N-ethyl adjacent to an activating group) is 1. The van der Waals surface area contributed by atoms with Gasteiger partial charge in [-0.15, -0.1) is 0 Å². The summed E-state index contributed by atoms with van der Waals surface area (Å²) in [5.41, 5.74) is 2.60. The quantitative estimate of drug-likeness (QED) is 0.830. The normalized spacial score (nSPS) is 10.3. The minimum atomic E-state index is -0.193. The van der Waals surface area contributed by atoms with Crippen LogP contribution in [0.4, 0.5) is 5.69 Å². The highest BCUT2D eigenvalue weighted by atomic mass is 35.5. The van der Waals surface area contributed by atoms with E-state index in [0.717, 1.165) is 11.1 Å². The molecule has 0 saturated heterocycles. The molecule has 0 bridgehead atoms. The molecule has 2 amide bonds. The second kappa shape index (κ2) is 7.97. The number of aryl methyl sites for hydroxylation is 1. The fourth-order valence-electron chi connectivity index (χ4n) is 2.44. The first-order chi connectivity index (χ1) is 11.4. The van der Waals surface area contributed by atoms with Crippen molar-refractivity contribution in [1.82, 2.24) is 4.90 Å². The molecular formula is C19H21ClN2O2. The van der Waals surface area contributed by atoms with Crippen molar-refractivity contribution < 1.29 is 9.59 Å². The van der Waals surface area contributed by atoms with E-state index in [1.807, 2.05) is 43.3 Å². The molecule has 0 atom stereocenters. The van der Waals surface area contributed by atoms with E-state index in [2.05, 4.69) is 0 Å². The molecule has 126 valence electrons. The molecule has 0 heterocycles. The van der Waals surface area contributed by atoms with Crippen LogP contribution in [0.5, 0.6) is 0 Å². The molecule has 2 aromatic carbocycles. The average molecular weight is 345 g/mol. The van der Waals surface area contributed by atoms with Gasteiger partial charge in [0.15, 0.2) is 0 Å². The molecule has 0 aliphatic rings. The monoisotopic (exact) mass is 344 g/mol. The molecule has 4 nitrogen and oxygen atoms in total. The number of hydrogen-bond donors (Lipinski definition) is 0. The van der Waals surface area contributed by atoms with Gasteiger partial charge in [-0.05, 0) is 30.2 Å². The Hall–Kier alpha value is -2.33. The Morgan fingerprint density at radius 3 is 2.38 bits per heavy atom. The van der Waals surface area contributed by atoms with Crippen LogP contribution in [0.15, 0.2) is 48.5 Å². The van der Waals surface area contributed by atoms with Gasteiger partial charge in [0.2, 0.25) is 11.8 Å². The first-order valence-corrected chi connectivity index (χ1v) is 8.08. The molecular weight excluding hydrogens is 324 g/mol. The lowest BCUT2D eigenvalue weighted by Crippen LogP contribution is -2.40. The number of carbonyl (C=O) groups is 2. The van der Waals surface area contributed by atoms with E-state index in [1.54, 1.807) is 24.1 Å². The van der Waals surface area contributed by atoms with E-state index in [-0.39, 0.29) is 18.4 Å². The van der Waals surface area contributed by atoms with Crippen LogP contribution in [-0.2, 0) is 16.1 Å². The van der Waals surface area contributed by atoms with Crippen molar-refractivity contribution in [1.29, 1.82) is 0 Å². The Morgan fingerprint density at radius 1 is 1.08 bits per heavy atom. The molecule has 0 aromatic heterocycles. The fraction of sp³-hybridized carbons (Fsp3) is 0.263. The van der Waals surface area contributed by atoms with Crippen molar-refractivity contribution in [3.63, 3.8) is 0 Å². The zero-order valence-electron chi connectivity index (χ0n) is 14.1. The molecule has 0 unspecified atom stereocenters. The zero-order valence-corrected chi connectivity index (χ0v) is 14.9. The highest BCUT2D eigenvalue weighted by Crippen LogP contribution is 2.24. The number of carbonyl (C=O) groups excluding carboxylic acids is 2. The Labute approximate surface area is 147 Å². The van der Waals surface area contributed by atoms with Crippen LogP contribution in [0.3, 0.4) is 0 Å². The highest BCUT2D eigenvalue weighted by Gasteiger charge is 2.20. The summed E-state index contributed by atoms with van der Waals surface area (Å²) in [6.45, 7) is 3.82. The van der Waals surface area contributed by atoms with Crippen LogP contribution < -0.4 is 4.90 Å². The third-order valence-corrected chi connectivity index (χ3v) is 4.06. The first-order valence-electron chi connectivity index (χ1n) is 7.70. The van der Waals surface area contributed by atoms with Crippen LogP contribution in [0, 0.1) is 6.92 Å². The number of amides is 2. The van der Waals surface area contributed by atoms with Crippen LogP contribution >= 0.6 is 11.6 Å². The van der Waals surface area contributed by atoms with Crippen molar-refractivity contribution >= 4 is 29.1 Å². The van der Waals surface area contributed by atoms with Crippen LogP contribution in [-0.4, -0.2) is 30.3 Å². The fourth-order valence-corrected chi connectivity index (χ4v) is 2.61. The van der Waals surface area contributed by atoms with E-state index in [1.165, 1.54) is 11.8 Å². The van der Waals surface area contributed by atoms with Crippen LogP contribution in [0.1, 0.15) is 18.1 Å². The molecule has 5 heteroatoms. The third-order valence-electron chi connectivity index (χ3n) is 3.82. The second-order valence-corrected chi connectivity index (χ2v) is 6.21. The molecule has 0 saturated carbocycles. The summed E-state index contributed by atoms with van der Waals surface area (Å²) in [5.74, 6) is -0.324. The predicted octanol–water partition coefficient (Wildman–Crippen LogP) is 3.66. The molecule has 2 rings (SSSR count). The molecule has 0 aliphatic heterocycles. The highest BCUT2D eigenvalue weighted by molar-refractivity contribution is 6.31. The molecule has 24 heavy (non-hydrogen) atoms. The van der Waals surface area contributed by atoms with Gasteiger partial charge in [-0.1, -0.05) is 48.0 Å². The molecule has 0 aliphatic carbocycles. The van der Waals surface area contributed by atoms with Crippen molar-refractivity contribution in [2.24, 2.45) is 0 Å². The number of rotatable bonds is 5. The van der Waals surface area contributed by atoms with E-state index in [9.17, 15) is 9.59 Å². The summed E-state index contributed by atoms with van der Waals surface area (Å²) in [4.78, 5) is 27.6. The number of benzene rings is 2. The van der Waals surface area contributed by atoms with E-state index < -0.39 is 0 Å². The Kier molecular flexibility index (Phi) is 5.99. The van der Waals surface area contributed by atoms with Crippen LogP contribution in [0.2, 0.25) is 5.02 Å². The Bertz CT molecular complexity index is 731. The van der Waals surface area contributed by atoms with Gasteiger partial charge in [-0.3, -0.25) is 9.59 Å². The number of anilines is 1. The number of nitrogens with zero attached hydrogens (tertiary/aromatic N) is 2. The maximum absolute atomic E-state index is 12.5. The van der Waals surface area contributed by atoms with E-state index in [4.69, 9.17) is 11.6 Å².